The molecule has 5 nitrogen and oxygen atoms in total. The summed E-state index contributed by atoms with van der Waals surface area (Å²) in [6.07, 6.45) is 0. The summed E-state index contributed by atoms with van der Waals surface area (Å²) >= 11 is 0. The highest BCUT2D eigenvalue weighted by atomic mass is 16.1. The van der Waals surface area contributed by atoms with E-state index >= 15 is 0 Å². The van der Waals surface area contributed by atoms with Crippen molar-refractivity contribution in [1.29, 1.82) is 0 Å². The van der Waals surface area contributed by atoms with Crippen molar-refractivity contribution >= 4 is 5.91 Å². The van der Waals surface area contributed by atoms with Crippen LogP contribution < -0.4 is 5.73 Å². The lowest BCUT2D eigenvalue weighted by Crippen LogP contribution is -2.32. The van der Waals surface area contributed by atoms with Crippen LogP contribution in [0.1, 0.15) is 21.6 Å². The summed E-state index contributed by atoms with van der Waals surface area (Å²) in [5, 5.41) is 4.61. The smallest absolute Gasteiger partial charge is 0.252 e. The summed E-state index contributed by atoms with van der Waals surface area (Å²) < 4.78 is 1.91. The Morgan fingerprint density at radius 3 is 2.85 bits per heavy atom. The topological polar surface area (TPSA) is 64.2 Å². The molecule has 0 radical (unpaired) electrons. The predicted molar refractivity (Wildman–Crippen MR) is 77.3 cm³/mol. The van der Waals surface area contributed by atoms with Crippen molar-refractivity contribution in [2.75, 3.05) is 13.6 Å². The van der Waals surface area contributed by atoms with Crippen LogP contribution >= 0.6 is 0 Å². The minimum Gasteiger partial charge on any atom is -0.365 e. The van der Waals surface area contributed by atoms with Crippen LogP contribution in [0.15, 0.2) is 24.3 Å². The van der Waals surface area contributed by atoms with Crippen LogP contribution in [0.3, 0.4) is 0 Å². The minimum absolute atomic E-state index is 0.405. The van der Waals surface area contributed by atoms with E-state index in [4.69, 9.17) is 5.73 Å². The average Bonchev–Trinajstić information content (AvgIpc) is 2.77. The Bertz CT molecular complexity index is 675. The maximum atomic E-state index is 11.9. The molecule has 1 aromatic heterocycles. The van der Waals surface area contributed by atoms with Crippen LogP contribution in [0, 0.1) is 6.92 Å². The molecule has 1 aromatic carbocycles. The standard InChI is InChI=1S/C15H18N4O/c1-10-4-3-5-11(8-10)14-13(15(16)20)12-9-18(2)6-7-19(12)17-14/h3-5,8H,6-7,9H2,1-2H3,(H2,16,20). The minimum atomic E-state index is -0.405. The van der Waals surface area contributed by atoms with E-state index in [1.165, 1.54) is 0 Å². The number of carbonyl (C=O) groups is 1. The molecule has 2 heterocycles. The van der Waals surface area contributed by atoms with E-state index in [2.05, 4.69) is 10.00 Å². The first-order valence-electron chi connectivity index (χ1n) is 6.71. The Morgan fingerprint density at radius 1 is 1.35 bits per heavy atom. The van der Waals surface area contributed by atoms with Crippen molar-refractivity contribution in [2.24, 2.45) is 5.73 Å². The molecule has 1 amide bonds. The van der Waals surface area contributed by atoms with Gasteiger partial charge in [-0.1, -0.05) is 23.8 Å². The number of rotatable bonds is 2. The van der Waals surface area contributed by atoms with E-state index in [0.717, 1.165) is 29.9 Å². The van der Waals surface area contributed by atoms with E-state index in [0.29, 0.717) is 17.8 Å². The summed E-state index contributed by atoms with van der Waals surface area (Å²) in [6, 6.07) is 8.00. The average molecular weight is 270 g/mol. The number of aryl methyl sites for hydroxylation is 1. The van der Waals surface area contributed by atoms with E-state index in [-0.39, 0.29) is 0 Å². The van der Waals surface area contributed by atoms with Crippen molar-refractivity contribution in [3.63, 3.8) is 0 Å². The van der Waals surface area contributed by atoms with Gasteiger partial charge < -0.3 is 5.73 Å². The fourth-order valence-corrected chi connectivity index (χ4v) is 2.70. The molecule has 0 spiro atoms. The molecule has 3 rings (SSSR count). The molecule has 104 valence electrons. The normalized spacial score (nSPS) is 15.1. The molecule has 0 aliphatic carbocycles. The number of nitrogens with two attached hydrogens (primary N) is 1. The first-order valence-corrected chi connectivity index (χ1v) is 6.71. The van der Waals surface area contributed by atoms with Crippen LogP contribution in [0.4, 0.5) is 0 Å². The number of primary amides is 1. The van der Waals surface area contributed by atoms with Crippen molar-refractivity contribution < 1.29 is 4.79 Å². The van der Waals surface area contributed by atoms with Crippen molar-refractivity contribution in [1.82, 2.24) is 14.7 Å². The molecule has 5 heteroatoms. The van der Waals surface area contributed by atoms with Gasteiger partial charge in [0.05, 0.1) is 17.8 Å². The zero-order valence-corrected chi connectivity index (χ0v) is 11.8. The molecular weight excluding hydrogens is 252 g/mol. The zero-order chi connectivity index (χ0) is 14.3. The molecule has 1 aliphatic heterocycles. The maximum absolute atomic E-state index is 11.9. The number of benzene rings is 1. The third-order valence-corrected chi connectivity index (χ3v) is 3.71. The second-order valence-electron chi connectivity index (χ2n) is 5.36. The fourth-order valence-electron chi connectivity index (χ4n) is 2.70. The van der Waals surface area contributed by atoms with Gasteiger partial charge in [0.25, 0.3) is 5.91 Å². The summed E-state index contributed by atoms with van der Waals surface area (Å²) in [7, 11) is 2.04. The molecule has 2 aromatic rings. The molecule has 0 atom stereocenters. The van der Waals surface area contributed by atoms with Gasteiger partial charge >= 0.3 is 0 Å². The molecule has 0 saturated carbocycles. The number of nitrogens with zero attached hydrogens (tertiary/aromatic N) is 3. The molecule has 0 saturated heterocycles. The number of aromatic nitrogens is 2. The van der Waals surface area contributed by atoms with Gasteiger partial charge in [-0.3, -0.25) is 14.4 Å². The van der Waals surface area contributed by atoms with E-state index in [1.807, 2.05) is 42.9 Å². The largest absolute Gasteiger partial charge is 0.365 e. The third kappa shape index (κ3) is 2.10. The first kappa shape index (κ1) is 12.9. The molecule has 0 fully saturated rings. The lowest BCUT2D eigenvalue weighted by atomic mass is 10.0. The van der Waals surface area contributed by atoms with E-state index in [1.54, 1.807) is 0 Å². The second kappa shape index (κ2) is 4.76. The van der Waals surface area contributed by atoms with Crippen LogP contribution in [-0.2, 0) is 13.1 Å². The Hall–Kier alpha value is -2.14. The summed E-state index contributed by atoms with van der Waals surface area (Å²) in [5.74, 6) is -0.405. The lowest BCUT2D eigenvalue weighted by Gasteiger charge is -2.23. The quantitative estimate of drug-likeness (QED) is 0.897. The monoisotopic (exact) mass is 270 g/mol. The third-order valence-electron chi connectivity index (χ3n) is 3.71. The highest BCUT2D eigenvalue weighted by Gasteiger charge is 2.26. The number of hydrogen-bond donors (Lipinski definition) is 1. The predicted octanol–water partition coefficient (Wildman–Crippen LogP) is 1.40. The highest BCUT2D eigenvalue weighted by Crippen LogP contribution is 2.28. The van der Waals surface area contributed by atoms with Gasteiger partial charge in [0.2, 0.25) is 0 Å². The Labute approximate surface area is 118 Å². The Morgan fingerprint density at radius 2 is 2.15 bits per heavy atom. The van der Waals surface area contributed by atoms with Crippen molar-refractivity contribution in [3.05, 3.63) is 41.1 Å². The van der Waals surface area contributed by atoms with Crippen molar-refractivity contribution in [2.45, 2.75) is 20.0 Å². The van der Waals surface area contributed by atoms with Gasteiger partial charge in [-0.15, -0.1) is 0 Å². The summed E-state index contributed by atoms with van der Waals surface area (Å²) in [5.41, 5.74) is 9.86. The summed E-state index contributed by atoms with van der Waals surface area (Å²) in [6.45, 7) is 4.45. The van der Waals surface area contributed by atoms with Gasteiger partial charge in [0.1, 0.15) is 5.69 Å². The number of likely N-dealkylation sites (N-methyl/N-ethyl adjacent to an activating group) is 1. The number of carbonyl (C=O) groups excluding carboxylic acids is 1. The molecule has 20 heavy (non-hydrogen) atoms. The van der Waals surface area contributed by atoms with E-state index < -0.39 is 5.91 Å². The van der Waals surface area contributed by atoms with Crippen LogP contribution in [0.5, 0.6) is 0 Å². The van der Waals surface area contributed by atoms with Crippen LogP contribution in [0.25, 0.3) is 11.3 Å². The van der Waals surface area contributed by atoms with Gasteiger partial charge in [0.15, 0.2) is 0 Å². The van der Waals surface area contributed by atoms with E-state index in [9.17, 15) is 4.79 Å². The molecular formula is C15H18N4O. The Kier molecular flexibility index (Phi) is 3.06. The maximum Gasteiger partial charge on any atom is 0.252 e. The van der Waals surface area contributed by atoms with Crippen molar-refractivity contribution in [3.8, 4) is 11.3 Å². The molecule has 0 unspecified atom stereocenters. The van der Waals surface area contributed by atoms with Crippen LogP contribution in [-0.4, -0.2) is 34.2 Å². The first-order chi connectivity index (χ1) is 9.56. The SMILES string of the molecule is Cc1cccc(-c2nn3c(c2C(N)=O)CN(C)CC3)c1. The Balaban J connectivity index is 2.19. The highest BCUT2D eigenvalue weighted by molar-refractivity contribution is 6.00. The molecule has 1 aliphatic rings. The van der Waals surface area contributed by atoms with Gasteiger partial charge in [-0.2, -0.15) is 5.10 Å². The molecule has 0 bridgehead atoms. The van der Waals surface area contributed by atoms with Crippen LogP contribution in [0.2, 0.25) is 0 Å². The van der Waals surface area contributed by atoms with Gasteiger partial charge in [-0.05, 0) is 20.0 Å². The summed E-state index contributed by atoms with van der Waals surface area (Å²) in [4.78, 5) is 14.0. The number of amides is 1. The van der Waals surface area contributed by atoms with Gasteiger partial charge in [0, 0.05) is 18.7 Å². The zero-order valence-electron chi connectivity index (χ0n) is 11.8. The lowest BCUT2D eigenvalue weighted by molar-refractivity contribution is 0.0998. The second-order valence-corrected chi connectivity index (χ2v) is 5.36. The molecule has 2 N–H and O–H groups in total. The number of hydrogen-bond acceptors (Lipinski definition) is 3. The van der Waals surface area contributed by atoms with Gasteiger partial charge in [-0.25, -0.2) is 0 Å². The number of fused-ring (bicyclic) bond motifs is 1. The fraction of sp³-hybridized carbons (Fsp3) is 0.333.